The van der Waals surface area contributed by atoms with E-state index in [2.05, 4.69) is 50.0 Å². The van der Waals surface area contributed by atoms with Crippen LogP contribution in [0.4, 0.5) is 0 Å². The van der Waals surface area contributed by atoms with Gasteiger partial charge >= 0.3 is 0 Å². The van der Waals surface area contributed by atoms with E-state index >= 15 is 0 Å². The zero-order valence-electron chi connectivity index (χ0n) is 11.0. The van der Waals surface area contributed by atoms with Crippen LogP contribution in [0.15, 0.2) is 29.3 Å². The molecular weight excluding hydrogens is 208 g/mol. The molecule has 0 saturated carbocycles. The van der Waals surface area contributed by atoms with Gasteiger partial charge in [-0.3, -0.25) is 4.99 Å². The Morgan fingerprint density at radius 2 is 1.88 bits per heavy atom. The predicted octanol–water partition coefficient (Wildman–Crippen LogP) is 3.60. The number of nitrogens with one attached hydrogen (secondary N) is 1. The molecule has 1 aliphatic rings. The molecule has 1 aromatic carbocycles. The molecule has 0 spiro atoms. The monoisotopic (exact) mass is 228 g/mol. The summed E-state index contributed by atoms with van der Waals surface area (Å²) in [7, 11) is 0. The smallest absolute Gasteiger partial charge is 0.0851 e. The summed E-state index contributed by atoms with van der Waals surface area (Å²) in [5.41, 5.74) is 4.42. The predicted molar refractivity (Wildman–Crippen MR) is 73.4 cm³/mol. The Kier molecular flexibility index (Phi) is 3.14. The number of benzene rings is 1. The molecule has 3 atom stereocenters. The van der Waals surface area contributed by atoms with Crippen LogP contribution >= 0.6 is 0 Å². The van der Waals surface area contributed by atoms with Crippen molar-refractivity contribution in [1.82, 2.24) is 0 Å². The lowest BCUT2D eigenvalue weighted by molar-refractivity contribution is 0.649. The third kappa shape index (κ3) is 2.17. The lowest BCUT2D eigenvalue weighted by atomic mass is 9.76. The molecule has 17 heavy (non-hydrogen) atoms. The van der Waals surface area contributed by atoms with Crippen LogP contribution in [-0.4, -0.2) is 17.5 Å². The van der Waals surface area contributed by atoms with Crippen LogP contribution in [-0.2, 0) is 0 Å². The normalized spacial score (nSPS) is 29.1. The first kappa shape index (κ1) is 12.0. The van der Waals surface area contributed by atoms with Gasteiger partial charge in [0, 0.05) is 23.3 Å². The highest BCUT2D eigenvalue weighted by atomic mass is 14.8. The van der Waals surface area contributed by atoms with E-state index in [0.29, 0.717) is 5.92 Å². The Bertz CT molecular complexity index is 474. The van der Waals surface area contributed by atoms with Crippen LogP contribution in [0, 0.1) is 18.3 Å². The van der Waals surface area contributed by atoms with Crippen molar-refractivity contribution in [3.63, 3.8) is 0 Å². The Morgan fingerprint density at radius 1 is 1.18 bits per heavy atom. The molecule has 0 aromatic heterocycles. The summed E-state index contributed by atoms with van der Waals surface area (Å²) in [5.74, 6) is 0.530. The third-order valence-corrected chi connectivity index (χ3v) is 3.74. The first-order valence-electron chi connectivity index (χ1n) is 6.20. The van der Waals surface area contributed by atoms with Crippen molar-refractivity contribution in [3.8, 4) is 0 Å². The van der Waals surface area contributed by atoms with Gasteiger partial charge in [-0.25, -0.2) is 0 Å². The fourth-order valence-electron chi connectivity index (χ4n) is 2.59. The van der Waals surface area contributed by atoms with Crippen molar-refractivity contribution in [1.29, 1.82) is 5.41 Å². The minimum Gasteiger partial charge on any atom is -0.307 e. The summed E-state index contributed by atoms with van der Waals surface area (Å²) in [6, 6.07) is 8.54. The van der Waals surface area contributed by atoms with E-state index in [1.807, 2.05) is 6.92 Å². The average molecular weight is 228 g/mol. The van der Waals surface area contributed by atoms with Gasteiger partial charge in [0.15, 0.2) is 0 Å². The Morgan fingerprint density at radius 3 is 2.53 bits per heavy atom. The molecule has 0 saturated heterocycles. The molecule has 3 unspecified atom stereocenters. The van der Waals surface area contributed by atoms with Crippen LogP contribution in [0.25, 0.3) is 0 Å². The fraction of sp³-hybridized carbons (Fsp3) is 0.467. The first-order chi connectivity index (χ1) is 8.00. The highest BCUT2D eigenvalue weighted by molar-refractivity contribution is 6.03. The van der Waals surface area contributed by atoms with E-state index in [1.165, 1.54) is 16.8 Å². The zero-order chi connectivity index (χ0) is 12.6. The van der Waals surface area contributed by atoms with Gasteiger partial charge in [0.1, 0.15) is 0 Å². The molecule has 1 aliphatic heterocycles. The lowest BCUT2D eigenvalue weighted by Gasteiger charge is -2.32. The van der Waals surface area contributed by atoms with Gasteiger partial charge in [0.25, 0.3) is 0 Å². The number of aryl methyl sites for hydroxylation is 1. The molecule has 2 rings (SSSR count). The molecule has 0 fully saturated rings. The van der Waals surface area contributed by atoms with Crippen molar-refractivity contribution in [2.75, 3.05) is 0 Å². The van der Waals surface area contributed by atoms with Gasteiger partial charge in [-0.05, 0) is 26.3 Å². The minimum atomic E-state index is 0.0247. The Labute approximate surface area is 103 Å². The van der Waals surface area contributed by atoms with Gasteiger partial charge in [-0.1, -0.05) is 36.8 Å². The van der Waals surface area contributed by atoms with Crippen LogP contribution in [0.1, 0.15) is 37.8 Å². The average Bonchev–Trinajstić information content (AvgIpc) is 2.27. The van der Waals surface area contributed by atoms with Crippen LogP contribution in [0.5, 0.6) is 0 Å². The lowest BCUT2D eigenvalue weighted by Crippen LogP contribution is -2.35. The maximum Gasteiger partial charge on any atom is 0.0851 e. The summed E-state index contributed by atoms with van der Waals surface area (Å²) < 4.78 is 0. The number of hydrogen-bond donors (Lipinski definition) is 1. The van der Waals surface area contributed by atoms with Crippen LogP contribution < -0.4 is 0 Å². The third-order valence-electron chi connectivity index (χ3n) is 3.74. The van der Waals surface area contributed by atoms with Crippen molar-refractivity contribution in [2.45, 2.75) is 39.7 Å². The van der Waals surface area contributed by atoms with Gasteiger partial charge in [0.2, 0.25) is 0 Å². The largest absolute Gasteiger partial charge is 0.307 e. The van der Waals surface area contributed by atoms with Gasteiger partial charge < -0.3 is 5.41 Å². The highest BCUT2D eigenvalue weighted by Gasteiger charge is 2.32. The van der Waals surface area contributed by atoms with Gasteiger partial charge in [-0.2, -0.15) is 0 Å². The van der Waals surface area contributed by atoms with E-state index in [-0.39, 0.29) is 12.0 Å². The summed E-state index contributed by atoms with van der Waals surface area (Å²) >= 11 is 0. The number of nitrogens with zero attached hydrogens (tertiary/aromatic N) is 1. The highest BCUT2D eigenvalue weighted by Crippen LogP contribution is 2.32. The van der Waals surface area contributed by atoms with Gasteiger partial charge in [-0.15, -0.1) is 0 Å². The molecule has 0 amide bonds. The van der Waals surface area contributed by atoms with Crippen molar-refractivity contribution >= 4 is 11.4 Å². The molecule has 1 aromatic rings. The summed E-state index contributed by atoms with van der Waals surface area (Å²) in [5, 5.41) is 8.27. The van der Waals surface area contributed by atoms with E-state index in [9.17, 15) is 0 Å². The number of aliphatic imine (C=N–C) groups is 1. The zero-order valence-corrected chi connectivity index (χ0v) is 11.0. The SMILES string of the molecule is CC1=NC(C)C(=N)C(c2cccc(C)c2)C1C. The second-order valence-electron chi connectivity index (χ2n) is 5.08. The molecule has 0 bridgehead atoms. The molecule has 1 N–H and O–H groups in total. The number of hydrogen-bond acceptors (Lipinski definition) is 2. The Balaban J connectivity index is 2.44. The molecular formula is C15H20N2. The second-order valence-corrected chi connectivity index (χ2v) is 5.08. The fourth-order valence-corrected chi connectivity index (χ4v) is 2.59. The molecule has 0 radical (unpaired) electrons. The van der Waals surface area contributed by atoms with E-state index in [4.69, 9.17) is 5.41 Å². The van der Waals surface area contributed by atoms with Crippen LogP contribution in [0.3, 0.4) is 0 Å². The molecule has 90 valence electrons. The summed E-state index contributed by atoms with van der Waals surface area (Å²) in [6.45, 7) is 8.37. The van der Waals surface area contributed by atoms with E-state index in [1.54, 1.807) is 0 Å². The standard InChI is InChI=1S/C15H20N2/c1-9-6-5-7-13(8-9)14-10(2)11(3)17-12(4)15(14)16/h5-8,10,12,14,16H,1-4H3. The topological polar surface area (TPSA) is 36.2 Å². The summed E-state index contributed by atoms with van der Waals surface area (Å²) in [4.78, 5) is 4.53. The quantitative estimate of drug-likeness (QED) is 0.762. The maximum absolute atomic E-state index is 8.27. The molecule has 0 aliphatic carbocycles. The van der Waals surface area contributed by atoms with E-state index < -0.39 is 0 Å². The van der Waals surface area contributed by atoms with E-state index in [0.717, 1.165) is 5.71 Å². The van der Waals surface area contributed by atoms with Crippen molar-refractivity contribution in [3.05, 3.63) is 35.4 Å². The second kappa shape index (κ2) is 4.44. The maximum atomic E-state index is 8.27. The Hall–Kier alpha value is -1.44. The number of rotatable bonds is 1. The summed E-state index contributed by atoms with van der Waals surface area (Å²) in [6.07, 6.45) is 0. The molecule has 2 heteroatoms. The molecule has 1 heterocycles. The van der Waals surface area contributed by atoms with Crippen molar-refractivity contribution < 1.29 is 0 Å². The minimum absolute atomic E-state index is 0.0247. The van der Waals surface area contributed by atoms with Crippen molar-refractivity contribution in [2.24, 2.45) is 10.9 Å². The van der Waals surface area contributed by atoms with Gasteiger partial charge in [0.05, 0.1) is 6.04 Å². The van der Waals surface area contributed by atoms with Crippen LogP contribution in [0.2, 0.25) is 0 Å². The molecule has 2 nitrogen and oxygen atoms in total. The first-order valence-corrected chi connectivity index (χ1v) is 6.20.